The number of Topliss-reactive ketones (excluding diaryl/α,β-unsaturated/α-hetero) is 1. The molecule has 0 saturated heterocycles. The van der Waals surface area contributed by atoms with E-state index >= 15 is 0 Å². The molecule has 0 bridgehead atoms. The largest absolute Gasteiger partial charge is 0.493 e. The molecule has 0 amide bonds. The SMILES string of the molecule is CCC(=O)c1ccn2c1-c1cc(OC)c(OCCOC)cc1CC2. The fraction of sp³-hybridized carbons (Fsp3) is 0.421. The number of benzene rings is 1. The molecule has 0 spiro atoms. The van der Waals surface area contributed by atoms with Gasteiger partial charge >= 0.3 is 0 Å². The molecule has 128 valence electrons. The van der Waals surface area contributed by atoms with Crippen LogP contribution in [-0.4, -0.2) is 37.8 Å². The summed E-state index contributed by atoms with van der Waals surface area (Å²) < 4.78 is 18.5. The van der Waals surface area contributed by atoms with Gasteiger partial charge in [0.05, 0.1) is 19.4 Å². The molecule has 5 heteroatoms. The molecule has 0 fully saturated rings. The third-order valence-corrected chi connectivity index (χ3v) is 4.40. The molecule has 0 N–H and O–H groups in total. The average Bonchev–Trinajstić information content (AvgIpc) is 3.05. The van der Waals surface area contributed by atoms with E-state index < -0.39 is 0 Å². The third kappa shape index (κ3) is 2.91. The molecule has 24 heavy (non-hydrogen) atoms. The zero-order chi connectivity index (χ0) is 17.1. The normalized spacial score (nSPS) is 12.5. The van der Waals surface area contributed by atoms with Crippen molar-refractivity contribution in [3.05, 3.63) is 35.5 Å². The zero-order valence-corrected chi connectivity index (χ0v) is 14.4. The number of rotatable bonds is 7. The van der Waals surface area contributed by atoms with Crippen LogP contribution in [0.25, 0.3) is 11.3 Å². The van der Waals surface area contributed by atoms with E-state index in [4.69, 9.17) is 14.2 Å². The average molecular weight is 329 g/mol. The van der Waals surface area contributed by atoms with Crippen LogP contribution in [0, 0.1) is 0 Å². The number of fused-ring (bicyclic) bond motifs is 3. The van der Waals surface area contributed by atoms with Gasteiger partial charge in [0.2, 0.25) is 0 Å². The monoisotopic (exact) mass is 329 g/mol. The van der Waals surface area contributed by atoms with Crippen LogP contribution in [0.1, 0.15) is 29.3 Å². The van der Waals surface area contributed by atoms with Crippen LogP contribution in [-0.2, 0) is 17.7 Å². The number of ether oxygens (including phenoxy) is 3. The van der Waals surface area contributed by atoms with Crippen molar-refractivity contribution in [1.29, 1.82) is 0 Å². The van der Waals surface area contributed by atoms with Gasteiger partial charge in [0, 0.05) is 37.4 Å². The lowest BCUT2D eigenvalue weighted by Gasteiger charge is -2.23. The predicted octanol–water partition coefficient (Wildman–Crippen LogP) is 3.34. The smallest absolute Gasteiger partial charge is 0.164 e. The van der Waals surface area contributed by atoms with Gasteiger partial charge < -0.3 is 18.8 Å². The van der Waals surface area contributed by atoms with Crippen molar-refractivity contribution < 1.29 is 19.0 Å². The van der Waals surface area contributed by atoms with E-state index in [1.54, 1.807) is 14.2 Å². The summed E-state index contributed by atoms with van der Waals surface area (Å²) in [6.45, 7) is 3.76. The Morgan fingerprint density at radius 1 is 1.21 bits per heavy atom. The van der Waals surface area contributed by atoms with E-state index in [-0.39, 0.29) is 5.78 Å². The fourth-order valence-corrected chi connectivity index (χ4v) is 3.15. The minimum absolute atomic E-state index is 0.163. The van der Waals surface area contributed by atoms with Crippen LogP contribution >= 0.6 is 0 Å². The highest BCUT2D eigenvalue weighted by molar-refractivity contribution is 6.02. The number of aromatic nitrogens is 1. The van der Waals surface area contributed by atoms with Crippen LogP contribution in [0.4, 0.5) is 0 Å². The first-order valence-electron chi connectivity index (χ1n) is 8.25. The first-order chi connectivity index (χ1) is 11.7. The van der Waals surface area contributed by atoms with Gasteiger partial charge in [-0.05, 0) is 30.2 Å². The van der Waals surface area contributed by atoms with E-state index in [2.05, 4.69) is 4.57 Å². The molecule has 2 aromatic rings. The van der Waals surface area contributed by atoms with Gasteiger partial charge in [0.15, 0.2) is 17.3 Å². The molecule has 0 atom stereocenters. The highest BCUT2D eigenvalue weighted by Gasteiger charge is 2.24. The Morgan fingerprint density at radius 3 is 2.75 bits per heavy atom. The topological polar surface area (TPSA) is 49.7 Å². The molecule has 0 unspecified atom stereocenters. The Morgan fingerprint density at radius 2 is 2.04 bits per heavy atom. The number of hydrogen-bond acceptors (Lipinski definition) is 4. The summed E-state index contributed by atoms with van der Waals surface area (Å²) in [6, 6.07) is 5.93. The van der Waals surface area contributed by atoms with Crippen molar-refractivity contribution in [2.24, 2.45) is 0 Å². The van der Waals surface area contributed by atoms with Gasteiger partial charge in [-0.2, -0.15) is 0 Å². The van der Waals surface area contributed by atoms with E-state index in [1.807, 2.05) is 31.3 Å². The Hall–Kier alpha value is -2.27. The highest BCUT2D eigenvalue weighted by atomic mass is 16.5. The van der Waals surface area contributed by atoms with Crippen molar-refractivity contribution >= 4 is 5.78 Å². The Kier molecular flexibility index (Phi) is 4.90. The molecule has 1 aliphatic rings. The lowest BCUT2D eigenvalue weighted by atomic mass is 9.94. The molecule has 0 radical (unpaired) electrons. The minimum atomic E-state index is 0.163. The zero-order valence-electron chi connectivity index (χ0n) is 14.4. The predicted molar refractivity (Wildman–Crippen MR) is 92.1 cm³/mol. The van der Waals surface area contributed by atoms with Crippen LogP contribution < -0.4 is 9.47 Å². The molecule has 0 saturated carbocycles. The van der Waals surface area contributed by atoms with E-state index in [0.717, 1.165) is 35.5 Å². The maximum Gasteiger partial charge on any atom is 0.164 e. The Bertz CT molecular complexity index is 748. The summed E-state index contributed by atoms with van der Waals surface area (Å²) in [4.78, 5) is 12.3. The van der Waals surface area contributed by atoms with Crippen LogP contribution in [0.5, 0.6) is 11.5 Å². The van der Waals surface area contributed by atoms with Crippen LogP contribution in [0.2, 0.25) is 0 Å². The van der Waals surface area contributed by atoms with Crippen molar-refractivity contribution in [3.8, 4) is 22.8 Å². The molecular weight excluding hydrogens is 306 g/mol. The number of aryl methyl sites for hydroxylation is 2. The number of carbonyl (C=O) groups is 1. The van der Waals surface area contributed by atoms with E-state index in [1.165, 1.54) is 5.56 Å². The summed E-state index contributed by atoms with van der Waals surface area (Å²) in [5, 5.41) is 0. The summed E-state index contributed by atoms with van der Waals surface area (Å²) in [5.74, 6) is 1.56. The van der Waals surface area contributed by atoms with Gasteiger partial charge in [-0.3, -0.25) is 4.79 Å². The van der Waals surface area contributed by atoms with Crippen LogP contribution in [0.15, 0.2) is 24.4 Å². The second-order valence-electron chi connectivity index (χ2n) is 5.80. The molecule has 1 aromatic carbocycles. The second-order valence-corrected chi connectivity index (χ2v) is 5.80. The minimum Gasteiger partial charge on any atom is -0.493 e. The summed E-state index contributed by atoms with van der Waals surface area (Å²) in [5.41, 5.74) is 4.01. The fourth-order valence-electron chi connectivity index (χ4n) is 3.15. The molecule has 2 heterocycles. The summed E-state index contributed by atoms with van der Waals surface area (Å²) in [7, 11) is 3.28. The Balaban J connectivity index is 2.04. The molecule has 3 rings (SSSR count). The van der Waals surface area contributed by atoms with Crippen molar-refractivity contribution in [3.63, 3.8) is 0 Å². The lowest BCUT2D eigenvalue weighted by molar-refractivity contribution is 0.0988. The van der Waals surface area contributed by atoms with E-state index in [9.17, 15) is 4.79 Å². The Labute approximate surface area is 142 Å². The van der Waals surface area contributed by atoms with Gasteiger partial charge in [-0.15, -0.1) is 0 Å². The molecule has 0 aliphatic carbocycles. The number of nitrogens with zero attached hydrogens (tertiary/aromatic N) is 1. The maximum absolute atomic E-state index is 12.3. The number of hydrogen-bond donors (Lipinski definition) is 0. The van der Waals surface area contributed by atoms with Gasteiger partial charge in [-0.25, -0.2) is 0 Å². The molecule has 1 aliphatic heterocycles. The summed E-state index contributed by atoms with van der Waals surface area (Å²) in [6.07, 6.45) is 3.40. The van der Waals surface area contributed by atoms with Gasteiger partial charge in [-0.1, -0.05) is 6.92 Å². The van der Waals surface area contributed by atoms with E-state index in [0.29, 0.717) is 25.4 Å². The maximum atomic E-state index is 12.3. The molecule has 5 nitrogen and oxygen atoms in total. The summed E-state index contributed by atoms with van der Waals surface area (Å²) >= 11 is 0. The van der Waals surface area contributed by atoms with Gasteiger partial charge in [0.1, 0.15) is 6.61 Å². The third-order valence-electron chi connectivity index (χ3n) is 4.40. The first-order valence-corrected chi connectivity index (χ1v) is 8.25. The van der Waals surface area contributed by atoms with Crippen molar-refractivity contribution in [2.75, 3.05) is 27.4 Å². The lowest BCUT2D eigenvalue weighted by Crippen LogP contribution is -2.13. The van der Waals surface area contributed by atoms with Crippen molar-refractivity contribution in [2.45, 2.75) is 26.3 Å². The first kappa shape index (κ1) is 16.6. The number of methoxy groups -OCH3 is 2. The van der Waals surface area contributed by atoms with Gasteiger partial charge in [0.25, 0.3) is 0 Å². The van der Waals surface area contributed by atoms with Crippen molar-refractivity contribution in [1.82, 2.24) is 4.57 Å². The quantitative estimate of drug-likeness (QED) is 0.577. The van der Waals surface area contributed by atoms with Crippen LogP contribution in [0.3, 0.4) is 0 Å². The highest BCUT2D eigenvalue weighted by Crippen LogP contribution is 2.40. The number of carbonyl (C=O) groups excluding carboxylic acids is 1. The standard InChI is InChI=1S/C19H23NO4/c1-4-16(21)14-6-8-20-7-5-13-11-18(24-10-9-22-2)17(23-3)12-15(13)19(14)20/h6,8,11-12H,4-5,7,9-10H2,1-3H3. The molecule has 1 aromatic heterocycles. The second kappa shape index (κ2) is 7.09. The molecular formula is C19H23NO4. The number of ketones is 1.